The highest BCUT2D eigenvalue weighted by molar-refractivity contribution is 4.82. The Morgan fingerprint density at radius 2 is 1.89 bits per heavy atom. The Balaban J connectivity index is 1.63. The number of rotatable bonds is 5. The average Bonchev–Trinajstić information content (AvgIpc) is 2.81. The van der Waals surface area contributed by atoms with Crippen molar-refractivity contribution in [1.82, 2.24) is 5.32 Å². The molecule has 2 fully saturated rings. The SMILES string of the molecule is CNC1CCCC1CCOC1CCC(C)C(C)C1. The van der Waals surface area contributed by atoms with E-state index in [0.29, 0.717) is 6.10 Å². The summed E-state index contributed by atoms with van der Waals surface area (Å²) in [5.41, 5.74) is 0. The Labute approximate surface area is 113 Å². The van der Waals surface area contributed by atoms with Crippen LogP contribution in [-0.4, -0.2) is 25.8 Å². The highest BCUT2D eigenvalue weighted by atomic mass is 16.5. The lowest BCUT2D eigenvalue weighted by molar-refractivity contribution is -0.00356. The van der Waals surface area contributed by atoms with Gasteiger partial charge in [-0.1, -0.05) is 20.3 Å². The van der Waals surface area contributed by atoms with Crippen LogP contribution in [0.4, 0.5) is 0 Å². The number of ether oxygens (including phenoxy) is 1. The van der Waals surface area contributed by atoms with Gasteiger partial charge in [-0.3, -0.25) is 0 Å². The van der Waals surface area contributed by atoms with E-state index in [-0.39, 0.29) is 0 Å². The molecule has 0 saturated heterocycles. The minimum absolute atomic E-state index is 0.547. The van der Waals surface area contributed by atoms with Crippen molar-refractivity contribution in [2.75, 3.05) is 13.7 Å². The lowest BCUT2D eigenvalue weighted by Gasteiger charge is -2.32. The second-order valence-corrected chi connectivity index (χ2v) is 6.64. The molecule has 0 spiro atoms. The molecule has 2 nitrogen and oxygen atoms in total. The van der Waals surface area contributed by atoms with Crippen molar-refractivity contribution >= 4 is 0 Å². The molecule has 2 rings (SSSR count). The zero-order valence-electron chi connectivity index (χ0n) is 12.5. The molecule has 2 aliphatic carbocycles. The van der Waals surface area contributed by atoms with E-state index in [0.717, 1.165) is 30.4 Å². The van der Waals surface area contributed by atoms with Gasteiger partial charge in [-0.2, -0.15) is 0 Å². The molecule has 2 heteroatoms. The fourth-order valence-electron chi connectivity index (χ4n) is 3.80. The Morgan fingerprint density at radius 1 is 1.06 bits per heavy atom. The molecule has 0 radical (unpaired) electrons. The third-order valence-electron chi connectivity index (χ3n) is 5.42. The molecule has 18 heavy (non-hydrogen) atoms. The molecule has 1 N–H and O–H groups in total. The molecule has 5 unspecified atom stereocenters. The molecule has 0 aromatic heterocycles. The highest BCUT2D eigenvalue weighted by Crippen LogP contribution is 2.32. The summed E-state index contributed by atoms with van der Waals surface area (Å²) in [7, 11) is 2.11. The predicted molar refractivity (Wildman–Crippen MR) is 76.7 cm³/mol. The van der Waals surface area contributed by atoms with E-state index in [9.17, 15) is 0 Å². The van der Waals surface area contributed by atoms with Crippen molar-refractivity contribution in [2.24, 2.45) is 17.8 Å². The van der Waals surface area contributed by atoms with Gasteiger partial charge in [-0.15, -0.1) is 0 Å². The van der Waals surface area contributed by atoms with Crippen LogP contribution in [0.1, 0.15) is 58.8 Å². The Bertz CT molecular complexity index is 243. The van der Waals surface area contributed by atoms with Crippen LogP contribution in [0.25, 0.3) is 0 Å². The first-order chi connectivity index (χ1) is 8.70. The van der Waals surface area contributed by atoms with Crippen molar-refractivity contribution in [2.45, 2.75) is 70.9 Å². The first kappa shape index (κ1) is 14.3. The van der Waals surface area contributed by atoms with Gasteiger partial charge in [0.25, 0.3) is 0 Å². The molecular formula is C16H31NO. The van der Waals surface area contributed by atoms with Crippen molar-refractivity contribution in [3.63, 3.8) is 0 Å². The molecule has 0 aromatic carbocycles. The molecule has 0 aromatic rings. The fourth-order valence-corrected chi connectivity index (χ4v) is 3.80. The van der Waals surface area contributed by atoms with E-state index in [1.54, 1.807) is 0 Å². The molecule has 2 aliphatic rings. The predicted octanol–water partition coefficient (Wildman–Crippen LogP) is 3.61. The smallest absolute Gasteiger partial charge is 0.0577 e. The summed E-state index contributed by atoms with van der Waals surface area (Å²) in [4.78, 5) is 0. The van der Waals surface area contributed by atoms with Gasteiger partial charge in [0.05, 0.1) is 6.10 Å². The summed E-state index contributed by atoms with van der Waals surface area (Å²) < 4.78 is 6.13. The van der Waals surface area contributed by atoms with Gasteiger partial charge in [0.15, 0.2) is 0 Å². The van der Waals surface area contributed by atoms with Crippen LogP contribution in [-0.2, 0) is 4.74 Å². The summed E-state index contributed by atoms with van der Waals surface area (Å²) in [6.45, 7) is 5.75. The van der Waals surface area contributed by atoms with Crippen molar-refractivity contribution in [3.8, 4) is 0 Å². The van der Waals surface area contributed by atoms with E-state index in [4.69, 9.17) is 4.74 Å². The van der Waals surface area contributed by atoms with Crippen molar-refractivity contribution < 1.29 is 4.74 Å². The Hall–Kier alpha value is -0.0800. The van der Waals surface area contributed by atoms with Crippen molar-refractivity contribution in [3.05, 3.63) is 0 Å². The second-order valence-electron chi connectivity index (χ2n) is 6.64. The third kappa shape index (κ3) is 3.71. The van der Waals surface area contributed by atoms with Gasteiger partial charge in [-0.25, -0.2) is 0 Å². The summed E-state index contributed by atoms with van der Waals surface area (Å²) in [6.07, 6.45) is 9.87. The fraction of sp³-hybridized carbons (Fsp3) is 1.00. The Morgan fingerprint density at radius 3 is 2.61 bits per heavy atom. The minimum atomic E-state index is 0.547. The number of nitrogens with one attached hydrogen (secondary N) is 1. The second kappa shape index (κ2) is 6.91. The molecule has 5 atom stereocenters. The normalized spacial score (nSPS) is 41.2. The maximum Gasteiger partial charge on any atom is 0.0577 e. The molecule has 0 bridgehead atoms. The number of hydrogen-bond acceptors (Lipinski definition) is 2. The van der Waals surface area contributed by atoms with Gasteiger partial charge in [0.2, 0.25) is 0 Å². The number of hydrogen-bond donors (Lipinski definition) is 1. The van der Waals surface area contributed by atoms with Gasteiger partial charge in [-0.05, 0) is 63.3 Å². The lowest BCUT2D eigenvalue weighted by atomic mass is 9.80. The van der Waals surface area contributed by atoms with Crippen molar-refractivity contribution in [1.29, 1.82) is 0 Å². The van der Waals surface area contributed by atoms with E-state index in [2.05, 4.69) is 26.2 Å². The average molecular weight is 253 g/mol. The molecule has 0 aliphatic heterocycles. The van der Waals surface area contributed by atoms with E-state index >= 15 is 0 Å². The van der Waals surface area contributed by atoms with Crippen LogP contribution in [0.3, 0.4) is 0 Å². The first-order valence-corrected chi connectivity index (χ1v) is 7.99. The quantitative estimate of drug-likeness (QED) is 0.808. The minimum Gasteiger partial charge on any atom is -0.378 e. The summed E-state index contributed by atoms with van der Waals surface area (Å²) >= 11 is 0. The maximum atomic E-state index is 6.13. The molecule has 0 heterocycles. The first-order valence-electron chi connectivity index (χ1n) is 7.99. The van der Waals surface area contributed by atoms with Gasteiger partial charge in [0.1, 0.15) is 0 Å². The molecule has 2 saturated carbocycles. The van der Waals surface area contributed by atoms with Gasteiger partial charge in [0, 0.05) is 12.6 Å². The zero-order valence-corrected chi connectivity index (χ0v) is 12.5. The zero-order chi connectivity index (χ0) is 13.0. The van der Waals surface area contributed by atoms with Crippen LogP contribution < -0.4 is 5.32 Å². The van der Waals surface area contributed by atoms with Crippen LogP contribution in [0.2, 0.25) is 0 Å². The largest absolute Gasteiger partial charge is 0.378 e. The summed E-state index contributed by atoms with van der Waals surface area (Å²) in [5, 5.41) is 3.46. The third-order valence-corrected chi connectivity index (χ3v) is 5.42. The van der Waals surface area contributed by atoms with E-state index in [1.807, 2.05) is 0 Å². The van der Waals surface area contributed by atoms with E-state index in [1.165, 1.54) is 44.9 Å². The Kier molecular flexibility index (Phi) is 5.50. The lowest BCUT2D eigenvalue weighted by Crippen LogP contribution is -2.31. The maximum absolute atomic E-state index is 6.13. The topological polar surface area (TPSA) is 21.3 Å². The molecule has 106 valence electrons. The van der Waals surface area contributed by atoms with Gasteiger partial charge >= 0.3 is 0 Å². The summed E-state index contributed by atoms with van der Waals surface area (Å²) in [6, 6.07) is 0.749. The summed E-state index contributed by atoms with van der Waals surface area (Å²) in [5.74, 6) is 2.60. The molecular weight excluding hydrogens is 222 g/mol. The van der Waals surface area contributed by atoms with Crippen LogP contribution in [0.5, 0.6) is 0 Å². The van der Waals surface area contributed by atoms with Crippen LogP contribution >= 0.6 is 0 Å². The van der Waals surface area contributed by atoms with E-state index < -0.39 is 0 Å². The standard InChI is InChI=1S/C16H31NO/c1-12-7-8-15(11-13(12)2)18-10-9-14-5-4-6-16(14)17-3/h12-17H,4-11H2,1-3H3. The van der Waals surface area contributed by atoms with Gasteiger partial charge < -0.3 is 10.1 Å². The molecule has 0 amide bonds. The monoisotopic (exact) mass is 253 g/mol. The highest BCUT2D eigenvalue weighted by Gasteiger charge is 2.27. The van der Waals surface area contributed by atoms with Crippen LogP contribution in [0.15, 0.2) is 0 Å². The van der Waals surface area contributed by atoms with Crippen LogP contribution in [0, 0.1) is 17.8 Å².